The summed E-state index contributed by atoms with van der Waals surface area (Å²) in [4.78, 5) is 0. The lowest BCUT2D eigenvalue weighted by Crippen LogP contribution is -2.34. The Bertz CT molecular complexity index is 984. The molecule has 0 amide bonds. The van der Waals surface area contributed by atoms with Crippen LogP contribution in [0, 0.1) is 0 Å². The molecule has 4 nitrogen and oxygen atoms in total. The summed E-state index contributed by atoms with van der Waals surface area (Å²) in [6.07, 6.45) is 0. The second kappa shape index (κ2) is 5.14. The van der Waals surface area contributed by atoms with Crippen LogP contribution in [0.1, 0.15) is 0 Å². The minimum absolute atomic E-state index is 0.671. The highest BCUT2D eigenvalue weighted by molar-refractivity contribution is 6.15. The van der Waals surface area contributed by atoms with Crippen LogP contribution in [-0.4, -0.2) is 28.3 Å². The van der Waals surface area contributed by atoms with Gasteiger partial charge in [-0.1, -0.05) is 42.5 Å². The average Bonchev–Trinajstić information content (AvgIpc) is 2.95. The molecule has 1 heterocycles. The average molecular weight is 318 g/mol. The van der Waals surface area contributed by atoms with Crippen LogP contribution in [0.25, 0.3) is 21.9 Å². The van der Waals surface area contributed by atoms with E-state index in [2.05, 4.69) is 61.7 Å². The fourth-order valence-corrected chi connectivity index (χ4v) is 3.45. The Morgan fingerprint density at radius 3 is 2.12 bits per heavy atom. The Balaban J connectivity index is 2.20. The molecule has 0 atom stereocenters. The second-order valence-electron chi connectivity index (χ2n) is 6.88. The molecular weight excluding hydrogens is 298 g/mol. The van der Waals surface area contributed by atoms with Gasteiger partial charge in [-0.05, 0) is 11.5 Å². The minimum Gasteiger partial charge on any atom is -0.496 e. The number of nitrogens with zero attached hydrogens (tertiary/aromatic N) is 3. The van der Waals surface area contributed by atoms with E-state index >= 15 is 0 Å². The highest BCUT2D eigenvalue weighted by Crippen LogP contribution is 2.57. The number of hydrogen-bond acceptors (Lipinski definition) is 3. The highest BCUT2D eigenvalue weighted by Gasteiger charge is 2.33. The van der Waals surface area contributed by atoms with Crippen molar-refractivity contribution in [2.45, 2.75) is 0 Å². The van der Waals surface area contributed by atoms with Crippen molar-refractivity contribution in [2.24, 2.45) is 10.2 Å². The molecule has 24 heavy (non-hydrogen) atoms. The highest BCUT2D eigenvalue weighted by atomic mass is 16.5. The molecule has 1 aliphatic heterocycles. The van der Waals surface area contributed by atoms with E-state index in [9.17, 15) is 0 Å². The molecule has 0 fully saturated rings. The number of methoxy groups -OCH3 is 1. The Kier molecular flexibility index (Phi) is 3.18. The molecule has 4 heteroatoms. The normalized spacial score (nSPS) is 12.8. The summed E-state index contributed by atoms with van der Waals surface area (Å²) in [6, 6.07) is 16.5. The first-order chi connectivity index (χ1) is 11.5. The SMILES string of the molecule is COc1ccccc1-c1c2c([N+](C)(C)C)c(c3ccccc13)N=N2. The smallest absolute Gasteiger partial charge is 0.189 e. The summed E-state index contributed by atoms with van der Waals surface area (Å²) in [5.41, 5.74) is 5.21. The summed E-state index contributed by atoms with van der Waals surface area (Å²) < 4.78 is 6.28. The number of rotatable bonds is 3. The van der Waals surface area contributed by atoms with E-state index in [0.717, 1.165) is 44.7 Å². The van der Waals surface area contributed by atoms with E-state index in [-0.39, 0.29) is 0 Å². The van der Waals surface area contributed by atoms with Gasteiger partial charge in [0.25, 0.3) is 0 Å². The van der Waals surface area contributed by atoms with Gasteiger partial charge in [0.1, 0.15) is 5.75 Å². The van der Waals surface area contributed by atoms with Crippen molar-refractivity contribution in [2.75, 3.05) is 28.3 Å². The van der Waals surface area contributed by atoms with E-state index < -0.39 is 0 Å². The van der Waals surface area contributed by atoms with E-state index in [4.69, 9.17) is 4.74 Å². The van der Waals surface area contributed by atoms with Crippen molar-refractivity contribution in [3.05, 3.63) is 48.5 Å². The summed E-state index contributed by atoms with van der Waals surface area (Å²) in [5, 5.41) is 11.4. The van der Waals surface area contributed by atoms with Crippen LogP contribution >= 0.6 is 0 Å². The zero-order valence-corrected chi connectivity index (χ0v) is 14.4. The summed E-state index contributed by atoms with van der Waals surface area (Å²) in [7, 11) is 8.16. The molecule has 0 N–H and O–H groups in total. The number of ether oxygens (including phenoxy) is 1. The molecule has 3 aromatic rings. The summed E-state index contributed by atoms with van der Waals surface area (Å²) in [5.74, 6) is 0.848. The minimum atomic E-state index is 0.671. The van der Waals surface area contributed by atoms with Crippen molar-refractivity contribution in [1.29, 1.82) is 0 Å². The van der Waals surface area contributed by atoms with Crippen LogP contribution < -0.4 is 9.22 Å². The number of quaternary nitrogens is 1. The van der Waals surface area contributed by atoms with Crippen molar-refractivity contribution in [1.82, 2.24) is 4.48 Å². The molecule has 0 aliphatic carbocycles. The predicted molar refractivity (Wildman–Crippen MR) is 99.7 cm³/mol. The molecule has 1 aliphatic rings. The van der Waals surface area contributed by atoms with Gasteiger partial charge < -0.3 is 4.74 Å². The standard InChI is InChI=1S/C20H20N3O/c1-23(2,3)20-18-14-10-6-5-9-13(14)17(19(20)22-21-18)15-11-7-8-12-16(15)24-4/h5-12H,1-4H3/q+1. The number of hydrogen-bond donors (Lipinski definition) is 0. The number of para-hydroxylation sites is 1. The Labute approximate surface area is 141 Å². The Hall–Kier alpha value is -2.72. The Morgan fingerprint density at radius 1 is 0.792 bits per heavy atom. The van der Waals surface area contributed by atoms with Gasteiger partial charge in [-0.15, -0.1) is 10.2 Å². The second-order valence-corrected chi connectivity index (χ2v) is 6.88. The molecule has 4 rings (SSSR count). The van der Waals surface area contributed by atoms with Gasteiger partial charge in [0, 0.05) is 16.5 Å². The predicted octanol–water partition coefficient (Wildman–Crippen LogP) is 5.44. The number of azo groups is 1. The largest absolute Gasteiger partial charge is 0.496 e. The fraction of sp³-hybridized carbons (Fsp3) is 0.200. The van der Waals surface area contributed by atoms with Gasteiger partial charge in [-0.25, -0.2) is 0 Å². The molecule has 0 unspecified atom stereocenters. The topological polar surface area (TPSA) is 34.0 Å². The van der Waals surface area contributed by atoms with Crippen LogP contribution in [-0.2, 0) is 0 Å². The molecule has 3 aromatic carbocycles. The first-order valence-electron chi connectivity index (χ1n) is 7.98. The van der Waals surface area contributed by atoms with Crippen molar-refractivity contribution in [3.63, 3.8) is 0 Å². The number of benzene rings is 3. The molecule has 0 saturated heterocycles. The van der Waals surface area contributed by atoms with Gasteiger partial charge in [0.15, 0.2) is 17.1 Å². The molecule has 120 valence electrons. The molecule has 0 aromatic heterocycles. The van der Waals surface area contributed by atoms with Crippen LogP contribution in [0.3, 0.4) is 0 Å². The molecule has 0 saturated carbocycles. The summed E-state index contributed by atoms with van der Waals surface area (Å²) >= 11 is 0. The maximum absolute atomic E-state index is 5.61. The fourth-order valence-electron chi connectivity index (χ4n) is 3.45. The lowest BCUT2D eigenvalue weighted by molar-refractivity contribution is 0.416. The third kappa shape index (κ3) is 2.03. The van der Waals surface area contributed by atoms with Gasteiger partial charge >= 0.3 is 0 Å². The Morgan fingerprint density at radius 2 is 1.42 bits per heavy atom. The van der Waals surface area contributed by atoms with Gasteiger partial charge in [0.2, 0.25) is 0 Å². The molecular formula is C20H20N3O+. The van der Waals surface area contributed by atoms with Crippen LogP contribution in [0.5, 0.6) is 5.75 Å². The molecule has 2 bridgehead atoms. The van der Waals surface area contributed by atoms with E-state index in [1.807, 2.05) is 18.2 Å². The molecule has 0 radical (unpaired) electrons. The third-order valence-electron chi connectivity index (χ3n) is 4.43. The molecule has 0 spiro atoms. The van der Waals surface area contributed by atoms with Crippen molar-refractivity contribution < 1.29 is 4.74 Å². The van der Waals surface area contributed by atoms with E-state index in [1.165, 1.54) is 0 Å². The summed E-state index contributed by atoms with van der Waals surface area (Å²) in [6.45, 7) is 0. The zero-order chi connectivity index (χ0) is 16.9. The van der Waals surface area contributed by atoms with Gasteiger partial charge in [-0.3, -0.25) is 4.48 Å². The maximum Gasteiger partial charge on any atom is 0.189 e. The lowest BCUT2D eigenvalue weighted by Gasteiger charge is -2.26. The monoisotopic (exact) mass is 318 g/mol. The van der Waals surface area contributed by atoms with Crippen LogP contribution in [0.4, 0.5) is 17.1 Å². The van der Waals surface area contributed by atoms with Crippen LogP contribution in [0.2, 0.25) is 0 Å². The third-order valence-corrected chi connectivity index (χ3v) is 4.43. The first-order valence-corrected chi connectivity index (χ1v) is 7.98. The van der Waals surface area contributed by atoms with E-state index in [1.54, 1.807) is 7.11 Å². The van der Waals surface area contributed by atoms with Crippen molar-refractivity contribution >= 4 is 27.8 Å². The maximum atomic E-state index is 5.61. The lowest BCUT2D eigenvalue weighted by atomic mass is 9.93. The van der Waals surface area contributed by atoms with Gasteiger partial charge in [-0.2, -0.15) is 0 Å². The quantitative estimate of drug-likeness (QED) is 0.463. The van der Waals surface area contributed by atoms with Gasteiger partial charge in [0.05, 0.1) is 28.3 Å². The van der Waals surface area contributed by atoms with Crippen LogP contribution in [0.15, 0.2) is 58.8 Å². The number of fused-ring (bicyclic) bond motifs is 4. The zero-order valence-electron chi connectivity index (χ0n) is 14.4. The van der Waals surface area contributed by atoms with E-state index in [0.29, 0.717) is 4.48 Å². The first kappa shape index (κ1) is 14.8. The van der Waals surface area contributed by atoms with Crippen molar-refractivity contribution in [3.8, 4) is 16.9 Å².